The third kappa shape index (κ3) is 3.78. The molecule has 166 valence electrons. The molecule has 6 heteroatoms. The van der Waals surface area contributed by atoms with E-state index in [1.807, 2.05) is 31.2 Å². The molecule has 3 aromatic carbocycles. The van der Waals surface area contributed by atoms with Gasteiger partial charge in [0.15, 0.2) is 0 Å². The minimum absolute atomic E-state index is 0.243. The zero-order chi connectivity index (χ0) is 23.1. The SMILES string of the molecule is CC1=C(C(=O)Nc2ccc(F)cc2)[C@@H](c2ccc(C(C)C)cc2)n2c(nc3ccccc32)N1. The van der Waals surface area contributed by atoms with Gasteiger partial charge in [0.25, 0.3) is 5.91 Å². The van der Waals surface area contributed by atoms with Crippen molar-refractivity contribution in [2.24, 2.45) is 0 Å². The molecular weight excluding hydrogens is 415 g/mol. The van der Waals surface area contributed by atoms with Crippen molar-refractivity contribution in [2.75, 3.05) is 10.6 Å². The summed E-state index contributed by atoms with van der Waals surface area (Å²) in [5, 5.41) is 6.25. The van der Waals surface area contributed by atoms with E-state index in [0.29, 0.717) is 23.1 Å². The number of allylic oxidation sites excluding steroid dienone is 1. The number of halogens is 1. The van der Waals surface area contributed by atoms with E-state index in [2.05, 4.69) is 53.3 Å². The highest BCUT2D eigenvalue weighted by molar-refractivity contribution is 6.06. The van der Waals surface area contributed by atoms with Gasteiger partial charge in [0.2, 0.25) is 5.95 Å². The van der Waals surface area contributed by atoms with Gasteiger partial charge in [-0.05, 0) is 60.4 Å². The fourth-order valence-corrected chi connectivity index (χ4v) is 4.37. The van der Waals surface area contributed by atoms with Gasteiger partial charge in [-0.25, -0.2) is 9.37 Å². The summed E-state index contributed by atoms with van der Waals surface area (Å²) in [6.07, 6.45) is 0. The summed E-state index contributed by atoms with van der Waals surface area (Å²) in [5.74, 6) is 0.522. The minimum Gasteiger partial charge on any atom is -0.329 e. The largest absolute Gasteiger partial charge is 0.329 e. The number of fused-ring (bicyclic) bond motifs is 3. The Hall–Kier alpha value is -3.93. The maximum absolute atomic E-state index is 13.6. The highest BCUT2D eigenvalue weighted by Crippen LogP contribution is 2.39. The maximum Gasteiger partial charge on any atom is 0.255 e. The lowest BCUT2D eigenvalue weighted by Crippen LogP contribution is -2.30. The number of para-hydroxylation sites is 2. The first-order chi connectivity index (χ1) is 15.9. The fourth-order valence-electron chi connectivity index (χ4n) is 4.37. The van der Waals surface area contributed by atoms with E-state index in [1.165, 1.54) is 17.7 Å². The van der Waals surface area contributed by atoms with Crippen LogP contribution < -0.4 is 10.6 Å². The molecule has 1 atom stereocenters. The molecule has 0 bridgehead atoms. The second kappa shape index (κ2) is 8.20. The van der Waals surface area contributed by atoms with Crippen molar-refractivity contribution in [2.45, 2.75) is 32.7 Å². The normalized spacial score (nSPS) is 15.5. The smallest absolute Gasteiger partial charge is 0.255 e. The monoisotopic (exact) mass is 440 g/mol. The average Bonchev–Trinajstić information content (AvgIpc) is 3.17. The van der Waals surface area contributed by atoms with Crippen molar-refractivity contribution < 1.29 is 9.18 Å². The highest BCUT2D eigenvalue weighted by atomic mass is 19.1. The number of imidazole rings is 1. The number of nitrogens with one attached hydrogen (secondary N) is 2. The van der Waals surface area contributed by atoms with Crippen molar-refractivity contribution in [1.82, 2.24) is 9.55 Å². The van der Waals surface area contributed by atoms with Gasteiger partial charge in [0.1, 0.15) is 5.82 Å². The number of rotatable bonds is 4. The van der Waals surface area contributed by atoms with E-state index in [9.17, 15) is 9.18 Å². The Morgan fingerprint density at radius 2 is 1.73 bits per heavy atom. The van der Waals surface area contributed by atoms with Gasteiger partial charge < -0.3 is 10.6 Å². The van der Waals surface area contributed by atoms with Crippen LogP contribution in [0.25, 0.3) is 11.0 Å². The second-order valence-electron chi connectivity index (χ2n) is 8.64. The van der Waals surface area contributed by atoms with Crippen LogP contribution in [0.1, 0.15) is 43.9 Å². The Morgan fingerprint density at radius 1 is 1.03 bits per heavy atom. The van der Waals surface area contributed by atoms with E-state index < -0.39 is 0 Å². The summed E-state index contributed by atoms with van der Waals surface area (Å²) in [5.41, 5.74) is 5.89. The predicted molar refractivity (Wildman–Crippen MR) is 130 cm³/mol. The number of anilines is 2. The molecule has 0 spiro atoms. The number of nitrogens with zero attached hydrogens (tertiary/aromatic N) is 2. The molecule has 2 N–H and O–H groups in total. The van der Waals surface area contributed by atoms with Gasteiger partial charge in [0, 0.05) is 11.4 Å². The molecule has 0 fully saturated rings. The van der Waals surface area contributed by atoms with Gasteiger partial charge in [-0.1, -0.05) is 50.2 Å². The summed E-state index contributed by atoms with van der Waals surface area (Å²) in [7, 11) is 0. The molecule has 0 radical (unpaired) electrons. The van der Waals surface area contributed by atoms with E-state index >= 15 is 0 Å². The van der Waals surface area contributed by atoms with Crippen LogP contribution >= 0.6 is 0 Å². The number of hydrogen-bond acceptors (Lipinski definition) is 3. The number of benzene rings is 3. The second-order valence-corrected chi connectivity index (χ2v) is 8.64. The zero-order valence-electron chi connectivity index (χ0n) is 18.8. The van der Waals surface area contributed by atoms with E-state index in [4.69, 9.17) is 4.98 Å². The molecule has 1 amide bonds. The molecule has 0 unspecified atom stereocenters. The lowest BCUT2D eigenvalue weighted by molar-refractivity contribution is -0.113. The first kappa shape index (κ1) is 20.9. The third-order valence-corrected chi connectivity index (χ3v) is 6.10. The molecule has 1 aliphatic rings. The van der Waals surface area contributed by atoms with E-state index in [-0.39, 0.29) is 17.8 Å². The number of carbonyl (C=O) groups is 1. The van der Waals surface area contributed by atoms with Crippen LogP contribution in [0, 0.1) is 5.82 Å². The Labute approximate surface area is 192 Å². The standard InChI is InChI=1S/C27H25FN4O/c1-16(2)18-8-10-19(11-9-18)25-24(26(33)30-21-14-12-20(28)13-15-21)17(3)29-27-31-22-6-4-5-7-23(22)32(25)27/h4-16,25H,1-3H3,(H,29,31)(H,30,33)/t25-/m1/s1. The molecule has 1 aromatic heterocycles. The summed E-state index contributed by atoms with van der Waals surface area (Å²) in [6.45, 7) is 6.21. The lowest BCUT2D eigenvalue weighted by Gasteiger charge is -2.31. The van der Waals surface area contributed by atoms with Crippen LogP contribution in [0.2, 0.25) is 0 Å². The Bertz CT molecular complexity index is 1370. The van der Waals surface area contributed by atoms with Crippen LogP contribution in [0.4, 0.5) is 16.0 Å². The van der Waals surface area contributed by atoms with Crippen LogP contribution in [0.3, 0.4) is 0 Å². The lowest BCUT2D eigenvalue weighted by atomic mass is 9.92. The van der Waals surface area contributed by atoms with Gasteiger partial charge in [-0.3, -0.25) is 9.36 Å². The average molecular weight is 441 g/mol. The molecule has 1 aliphatic heterocycles. The number of aromatic nitrogens is 2. The van der Waals surface area contributed by atoms with E-state index in [0.717, 1.165) is 22.3 Å². The van der Waals surface area contributed by atoms with Gasteiger partial charge in [0.05, 0.1) is 22.6 Å². The third-order valence-electron chi connectivity index (χ3n) is 6.10. The number of amides is 1. The van der Waals surface area contributed by atoms with Crippen molar-refractivity contribution in [3.63, 3.8) is 0 Å². The first-order valence-corrected chi connectivity index (χ1v) is 11.0. The summed E-state index contributed by atoms with van der Waals surface area (Å²) in [4.78, 5) is 18.3. The van der Waals surface area contributed by atoms with Crippen LogP contribution in [0.15, 0.2) is 84.1 Å². The first-order valence-electron chi connectivity index (χ1n) is 11.0. The predicted octanol–water partition coefficient (Wildman–Crippen LogP) is 6.23. The molecule has 0 aliphatic carbocycles. The molecule has 0 saturated carbocycles. The van der Waals surface area contributed by atoms with Gasteiger partial charge >= 0.3 is 0 Å². The molecule has 33 heavy (non-hydrogen) atoms. The number of carbonyl (C=O) groups excluding carboxylic acids is 1. The summed E-state index contributed by atoms with van der Waals surface area (Å²) < 4.78 is 15.4. The van der Waals surface area contributed by atoms with Gasteiger partial charge in [-0.2, -0.15) is 0 Å². The van der Waals surface area contributed by atoms with Crippen molar-refractivity contribution in [1.29, 1.82) is 0 Å². The highest BCUT2D eigenvalue weighted by Gasteiger charge is 2.34. The Kier molecular flexibility index (Phi) is 5.21. The zero-order valence-corrected chi connectivity index (χ0v) is 18.8. The van der Waals surface area contributed by atoms with Crippen molar-refractivity contribution in [3.8, 4) is 0 Å². The molecule has 0 saturated heterocycles. The number of hydrogen-bond donors (Lipinski definition) is 2. The molecule has 5 nitrogen and oxygen atoms in total. The quantitative estimate of drug-likeness (QED) is 0.396. The Balaban J connectivity index is 1.64. The maximum atomic E-state index is 13.6. The van der Waals surface area contributed by atoms with Crippen LogP contribution in [-0.2, 0) is 4.79 Å². The molecule has 4 aromatic rings. The van der Waals surface area contributed by atoms with Crippen molar-refractivity contribution in [3.05, 3.63) is 101 Å². The molecule has 5 rings (SSSR count). The Morgan fingerprint density at radius 3 is 2.42 bits per heavy atom. The van der Waals surface area contributed by atoms with E-state index in [1.54, 1.807) is 12.1 Å². The van der Waals surface area contributed by atoms with Gasteiger partial charge in [-0.15, -0.1) is 0 Å². The van der Waals surface area contributed by atoms with Crippen molar-refractivity contribution >= 4 is 28.6 Å². The van der Waals surface area contributed by atoms with Crippen LogP contribution in [-0.4, -0.2) is 15.5 Å². The fraction of sp³-hybridized carbons (Fsp3) is 0.185. The minimum atomic E-state index is -0.365. The summed E-state index contributed by atoms with van der Waals surface area (Å²) in [6, 6.07) is 21.7. The molecular formula is C27H25FN4O. The topological polar surface area (TPSA) is 59.0 Å². The molecule has 2 heterocycles. The summed E-state index contributed by atoms with van der Waals surface area (Å²) >= 11 is 0. The van der Waals surface area contributed by atoms with Crippen LogP contribution in [0.5, 0.6) is 0 Å².